The molecule has 0 bridgehead atoms. The quantitative estimate of drug-likeness (QED) is 0.627. The molecule has 0 aromatic rings. The summed E-state index contributed by atoms with van der Waals surface area (Å²) < 4.78 is 27.9. The predicted molar refractivity (Wildman–Crippen MR) is 73.6 cm³/mol. The van der Waals surface area contributed by atoms with Gasteiger partial charge in [-0.3, -0.25) is 0 Å². The first-order valence-corrected chi connectivity index (χ1v) is 8.94. The highest BCUT2D eigenvalue weighted by Crippen LogP contribution is 2.03. The zero-order valence-electron chi connectivity index (χ0n) is 10.4. The summed E-state index contributed by atoms with van der Waals surface area (Å²) in [5.41, 5.74) is 0. The summed E-state index contributed by atoms with van der Waals surface area (Å²) in [5.74, 6) is 1.16. The number of unbranched alkanes of at least 4 members (excludes halogenated alkanes) is 2. The maximum atomic E-state index is 11.9. The third-order valence-electron chi connectivity index (χ3n) is 2.73. The van der Waals surface area contributed by atoms with Crippen molar-refractivity contribution in [2.45, 2.75) is 19.3 Å². The van der Waals surface area contributed by atoms with Crippen LogP contribution in [0.25, 0.3) is 0 Å². The molecule has 102 valence electrons. The van der Waals surface area contributed by atoms with Crippen molar-refractivity contribution in [1.29, 1.82) is 0 Å². The Morgan fingerprint density at radius 2 is 1.94 bits per heavy atom. The van der Waals surface area contributed by atoms with E-state index in [1.807, 2.05) is 11.8 Å². The summed E-state index contributed by atoms with van der Waals surface area (Å²) >= 11 is 1.83. The Kier molecular flexibility index (Phi) is 7.45. The molecule has 0 saturated carbocycles. The standard InChI is InChI=1S/C10H23N3O2S2/c1-16-10-4-2-3-5-12-17(14,15)13-8-6-11-7-9-13/h11-12H,2-10H2,1H3. The van der Waals surface area contributed by atoms with Gasteiger partial charge in [-0.2, -0.15) is 24.5 Å². The summed E-state index contributed by atoms with van der Waals surface area (Å²) in [6.45, 7) is 3.19. The van der Waals surface area contributed by atoms with Crippen molar-refractivity contribution in [3.8, 4) is 0 Å². The van der Waals surface area contributed by atoms with Crippen LogP contribution in [0.2, 0.25) is 0 Å². The Labute approximate surface area is 109 Å². The van der Waals surface area contributed by atoms with Crippen LogP contribution in [0.5, 0.6) is 0 Å². The minimum atomic E-state index is -3.24. The number of rotatable bonds is 8. The lowest BCUT2D eigenvalue weighted by Gasteiger charge is -2.26. The topological polar surface area (TPSA) is 61.4 Å². The Morgan fingerprint density at radius 3 is 2.59 bits per heavy atom. The third-order valence-corrected chi connectivity index (χ3v) is 5.04. The van der Waals surface area contributed by atoms with Crippen molar-refractivity contribution < 1.29 is 8.42 Å². The third kappa shape index (κ3) is 6.05. The van der Waals surface area contributed by atoms with E-state index in [1.54, 1.807) is 0 Å². The second-order valence-electron chi connectivity index (χ2n) is 4.10. The van der Waals surface area contributed by atoms with Crippen molar-refractivity contribution in [3.05, 3.63) is 0 Å². The molecule has 1 aliphatic rings. The molecule has 0 aliphatic carbocycles. The monoisotopic (exact) mass is 281 g/mol. The highest BCUT2D eigenvalue weighted by Gasteiger charge is 2.22. The zero-order valence-corrected chi connectivity index (χ0v) is 12.1. The minimum Gasteiger partial charge on any atom is -0.314 e. The predicted octanol–water partition coefficient (Wildman–Crippen LogP) is 0.259. The molecule has 1 heterocycles. The zero-order chi connectivity index (χ0) is 12.6. The van der Waals surface area contributed by atoms with E-state index in [0.717, 1.165) is 38.1 Å². The van der Waals surface area contributed by atoms with Gasteiger partial charge >= 0.3 is 0 Å². The first kappa shape index (κ1) is 15.2. The van der Waals surface area contributed by atoms with E-state index in [2.05, 4.69) is 16.3 Å². The van der Waals surface area contributed by atoms with Gasteiger partial charge in [0.05, 0.1) is 0 Å². The van der Waals surface area contributed by atoms with Crippen LogP contribution in [0.15, 0.2) is 0 Å². The van der Waals surface area contributed by atoms with Gasteiger partial charge in [0.25, 0.3) is 10.2 Å². The molecule has 0 atom stereocenters. The Hall–Kier alpha value is 0.180. The average Bonchev–Trinajstić information content (AvgIpc) is 2.35. The fraction of sp³-hybridized carbons (Fsp3) is 1.00. The van der Waals surface area contributed by atoms with Crippen LogP contribution < -0.4 is 10.0 Å². The maximum absolute atomic E-state index is 11.9. The Bertz CT molecular complexity index is 290. The molecule has 0 unspecified atom stereocenters. The van der Waals surface area contributed by atoms with Gasteiger partial charge in [-0.15, -0.1) is 0 Å². The molecule has 5 nitrogen and oxygen atoms in total. The van der Waals surface area contributed by atoms with E-state index in [4.69, 9.17) is 0 Å². The first-order chi connectivity index (χ1) is 8.17. The smallest absolute Gasteiger partial charge is 0.279 e. The normalized spacial score (nSPS) is 18.4. The van der Waals surface area contributed by atoms with E-state index >= 15 is 0 Å². The molecule has 0 radical (unpaired) electrons. The van der Waals surface area contributed by atoms with E-state index in [-0.39, 0.29) is 0 Å². The molecular weight excluding hydrogens is 258 g/mol. The molecule has 7 heteroatoms. The van der Waals surface area contributed by atoms with Gasteiger partial charge in [0.1, 0.15) is 0 Å². The molecule has 2 N–H and O–H groups in total. The molecule has 1 fully saturated rings. The van der Waals surface area contributed by atoms with Crippen molar-refractivity contribution >= 4 is 22.0 Å². The van der Waals surface area contributed by atoms with E-state index in [0.29, 0.717) is 19.6 Å². The fourth-order valence-corrected chi connectivity index (χ4v) is 3.47. The Morgan fingerprint density at radius 1 is 1.24 bits per heavy atom. The molecule has 0 amide bonds. The summed E-state index contributed by atoms with van der Waals surface area (Å²) in [6.07, 6.45) is 5.26. The van der Waals surface area contributed by atoms with Crippen LogP contribution in [0, 0.1) is 0 Å². The molecule has 17 heavy (non-hydrogen) atoms. The van der Waals surface area contributed by atoms with E-state index < -0.39 is 10.2 Å². The van der Waals surface area contributed by atoms with Gasteiger partial charge in [-0.25, -0.2) is 4.72 Å². The highest BCUT2D eigenvalue weighted by atomic mass is 32.2. The molecule has 0 aromatic heterocycles. The van der Waals surface area contributed by atoms with Gasteiger partial charge in [0.15, 0.2) is 0 Å². The second-order valence-corrected chi connectivity index (χ2v) is 6.84. The lowest BCUT2D eigenvalue weighted by atomic mass is 10.2. The molecule has 1 rings (SSSR count). The summed E-state index contributed by atoms with van der Waals surface area (Å²) in [6, 6.07) is 0. The lowest BCUT2D eigenvalue weighted by molar-refractivity contribution is 0.354. The first-order valence-electron chi connectivity index (χ1n) is 6.11. The Balaban J connectivity index is 2.15. The van der Waals surface area contributed by atoms with Crippen molar-refractivity contribution in [1.82, 2.24) is 14.3 Å². The molecular formula is C10H23N3O2S2. The number of nitrogens with zero attached hydrogens (tertiary/aromatic N) is 1. The van der Waals surface area contributed by atoms with Gasteiger partial charge in [0, 0.05) is 32.7 Å². The molecule has 0 aromatic carbocycles. The number of hydrogen-bond donors (Lipinski definition) is 2. The summed E-state index contributed by atoms with van der Waals surface area (Å²) in [5, 5.41) is 3.14. The molecule has 1 saturated heterocycles. The van der Waals surface area contributed by atoms with Gasteiger partial charge in [-0.1, -0.05) is 6.42 Å². The molecule has 0 spiro atoms. The van der Waals surface area contributed by atoms with E-state index in [1.165, 1.54) is 4.31 Å². The van der Waals surface area contributed by atoms with Crippen LogP contribution in [0.3, 0.4) is 0 Å². The fourth-order valence-electron chi connectivity index (χ4n) is 1.73. The van der Waals surface area contributed by atoms with Crippen LogP contribution in [0.4, 0.5) is 0 Å². The number of piperazine rings is 1. The van der Waals surface area contributed by atoms with Gasteiger partial charge in [-0.05, 0) is 24.9 Å². The van der Waals surface area contributed by atoms with Gasteiger partial charge < -0.3 is 5.32 Å². The minimum absolute atomic E-state index is 0.556. The maximum Gasteiger partial charge on any atom is 0.279 e. The molecule has 1 aliphatic heterocycles. The lowest BCUT2D eigenvalue weighted by Crippen LogP contribution is -2.50. The summed E-state index contributed by atoms with van der Waals surface area (Å²) in [7, 11) is -3.24. The van der Waals surface area contributed by atoms with Crippen LogP contribution in [0.1, 0.15) is 19.3 Å². The second kappa shape index (κ2) is 8.31. The van der Waals surface area contributed by atoms with Crippen LogP contribution in [-0.2, 0) is 10.2 Å². The number of thioether (sulfide) groups is 1. The van der Waals surface area contributed by atoms with Crippen molar-refractivity contribution in [3.63, 3.8) is 0 Å². The van der Waals surface area contributed by atoms with Crippen molar-refractivity contribution in [2.75, 3.05) is 44.7 Å². The number of nitrogens with one attached hydrogen (secondary N) is 2. The van der Waals surface area contributed by atoms with Crippen LogP contribution >= 0.6 is 11.8 Å². The SMILES string of the molecule is CSCCCCCNS(=O)(=O)N1CCNCC1. The average molecular weight is 281 g/mol. The largest absolute Gasteiger partial charge is 0.314 e. The summed E-state index contributed by atoms with van der Waals surface area (Å²) in [4.78, 5) is 0. The van der Waals surface area contributed by atoms with Gasteiger partial charge in [0.2, 0.25) is 0 Å². The van der Waals surface area contributed by atoms with Crippen LogP contribution in [-0.4, -0.2) is 57.5 Å². The van der Waals surface area contributed by atoms with Crippen molar-refractivity contribution in [2.24, 2.45) is 0 Å². The highest BCUT2D eigenvalue weighted by molar-refractivity contribution is 7.98. The number of hydrogen-bond acceptors (Lipinski definition) is 4. The van der Waals surface area contributed by atoms with E-state index in [9.17, 15) is 8.42 Å².